The van der Waals surface area contributed by atoms with Crippen LogP contribution in [-0.4, -0.2) is 64.2 Å². The molecule has 184 valence electrons. The fraction of sp³-hybridized carbons (Fsp3) is 0.762. The molecule has 3 atom stereocenters. The van der Waals surface area contributed by atoms with Gasteiger partial charge in [-0.15, -0.1) is 0 Å². The highest BCUT2D eigenvalue weighted by Crippen LogP contribution is 2.46. The van der Waals surface area contributed by atoms with Crippen molar-refractivity contribution in [3.05, 3.63) is 0 Å². The van der Waals surface area contributed by atoms with Crippen LogP contribution in [0, 0.1) is 11.3 Å². The van der Waals surface area contributed by atoms with Gasteiger partial charge in [0.25, 0.3) is 5.60 Å². The van der Waals surface area contributed by atoms with Crippen LogP contribution in [0.5, 0.6) is 0 Å². The lowest BCUT2D eigenvalue weighted by atomic mass is 9.63. The number of rotatable bonds is 16. The first-order chi connectivity index (χ1) is 15.0. The van der Waals surface area contributed by atoms with E-state index in [9.17, 15) is 39.3 Å². The van der Waals surface area contributed by atoms with Crippen molar-refractivity contribution >= 4 is 30.0 Å². The number of unbranched alkanes of at least 4 members (excludes halogenated alkanes) is 5. The van der Waals surface area contributed by atoms with Crippen molar-refractivity contribution in [2.24, 2.45) is 11.3 Å². The van der Waals surface area contributed by atoms with Gasteiger partial charge in [0, 0.05) is 0 Å². The molecule has 0 aliphatic heterocycles. The fourth-order valence-corrected chi connectivity index (χ4v) is 3.55. The third kappa shape index (κ3) is 6.83. The van der Waals surface area contributed by atoms with Crippen molar-refractivity contribution in [2.75, 3.05) is 13.2 Å². The van der Waals surface area contributed by atoms with Gasteiger partial charge >= 0.3 is 30.0 Å². The average Bonchev–Trinajstić information content (AvgIpc) is 2.69. The van der Waals surface area contributed by atoms with Crippen LogP contribution >= 0.6 is 0 Å². The molecule has 0 aromatic heterocycles. The van der Waals surface area contributed by atoms with Crippen LogP contribution in [0.2, 0.25) is 0 Å². The van der Waals surface area contributed by atoms with E-state index in [2.05, 4.69) is 4.74 Å². The minimum atomic E-state index is -3.33. The van der Waals surface area contributed by atoms with E-state index in [0.29, 0.717) is 6.42 Å². The molecule has 0 heterocycles. The monoisotopic (exact) mass is 462 g/mol. The summed E-state index contributed by atoms with van der Waals surface area (Å²) in [5, 5.41) is 29.8. The number of carbonyl (C=O) groups excluding carboxylic acids is 2. The molecule has 0 aliphatic rings. The maximum Gasteiger partial charge on any atom is 0.509 e. The Morgan fingerprint density at radius 2 is 1.31 bits per heavy atom. The Morgan fingerprint density at radius 1 is 0.781 bits per heavy atom. The smallest absolute Gasteiger partial charge is 0.481 e. The first-order valence-corrected chi connectivity index (χ1v) is 10.7. The number of ether oxygens (including phenoxy) is 3. The van der Waals surface area contributed by atoms with Gasteiger partial charge in [-0.3, -0.25) is 14.4 Å². The second kappa shape index (κ2) is 13.5. The molecule has 0 radical (unpaired) electrons. The second-order valence-electron chi connectivity index (χ2n) is 7.50. The summed E-state index contributed by atoms with van der Waals surface area (Å²) in [5.41, 5.74) is -5.82. The van der Waals surface area contributed by atoms with E-state index in [4.69, 9.17) is 9.47 Å². The molecule has 0 amide bonds. The maximum atomic E-state index is 12.5. The maximum absolute atomic E-state index is 12.5. The lowest BCUT2D eigenvalue weighted by Gasteiger charge is -2.43. The molecular formula is C21H34O11. The predicted molar refractivity (Wildman–Crippen MR) is 110 cm³/mol. The van der Waals surface area contributed by atoms with Crippen molar-refractivity contribution in [3.63, 3.8) is 0 Å². The Labute approximate surface area is 187 Å². The van der Waals surface area contributed by atoms with Crippen molar-refractivity contribution in [1.29, 1.82) is 0 Å². The molecule has 0 spiro atoms. The number of carbonyl (C=O) groups is 5. The molecule has 3 N–H and O–H groups in total. The first kappa shape index (κ1) is 29.1. The molecular weight excluding hydrogens is 428 g/mol. The lowest BCUT2D eigenvalue weighted by molar-refractivity contribution is -0.211. The van der Waals surface area contributed by atoms with Gasteiger partial charge in [-0.2, -0.15) is 0 Å². The van der Waals surface area contributed by atoms with Crippen LogP contribution in [0.4, 0.5) is 4.79 Å². The topological polar surface area (TPSA) is 174 Å². The number of aliphatic carboxylic acids is 3. The molecule has 11 heteroatoms. The summed E-state index contributed by atoms with van der Waals surface area (Å²) in [6.45, 7) is 5.15. The quantitative estimate of drug-likeness (QED) is 0.175. The molecule has 0 aliphatic carbocycles. The van der Waals surface area contributed by atoms with Crippen LogP contribution in [0.25, 0.3) is 0 Å². The lowest BCUT2D eigenvalue weighted by Crippen LogP contribution is -2.67. The minimum absolute atomic E-state index is 0.197. The summed E-state index contributed by atoms with van der Waals surface area (Å²) >= 11 is 0. The fourth-order valence-electron chi connectivity index (χ4n) is 3.55. The molecule has 0 rings (SSSR count). The zero-order valence-corrected chi connectivity index (χ0v) is 19.0. The molecule has 11 nitrogen and oxygen atoms in total. The zero-order valence-electron chi connectivity index (χ0n) is 19.0. The van der Waals surface area contributed by atoms with E-state index >= 15 is 0 Å². The highest BCUT2D eigenvalue weighted by Gasteiger charge is 2.71. The number of hydrogen-bond acceptors (Lipinski definition) is 8. The average molecular weight is 462 g/mol. The normalized spacial score (nSPS) is 15.5. The molecule has 0 bridgehead atoms. The first-order valence-electron chi connectivity index (χ1n) is 10.7. The van der Waals surface area contributed by atoms with Gasteiger partial charge in [0.2, 0.25) is 5.92 Å². The van der Waals surface area contributed by atoms with Crippen molar-refractivity contribution in [2.45, 2.75) is 78.2 Å². The summed E-state index contributed by atoms with van der Waals surface area (Å²) in [6, 6.07) is 0. The Kier molecular flexibility index (Phi) is 12.3. The number of hydrogen-bond donors (Lipinski definition) is 3. The van der Waals surface area contributed by atoms with E-state index in [-0.39, 0.29) is 26.1 Å². The molecule has 0 fully saturated rings. The van der Waals surface area contributed by atoms with E-state index in [1.165, 1.54) is 13.8 Å². The van der Waals surface area contributed by atoms with Crippen molar-refractivity contribution < 1.29 is 53.5 Å². The van der Waals surface area contributed by atoms with E-state index in [0.717, 1.165) is 32.6 Å². The predicted octanol–water partition coefficient (Wildman–Crippen LogP) is 3.09. The van der Waals surface area contributed by atoms with Crippen LogP contribution in [0.3, 0.4) is 0 Å². The molecule has 32 heavy (non-hydrogen) atoms. The summed E-state index contributed by atoms with van der Waals surface area (Å²) in [6.07, 6.45) is 2.36. The van der Waals surface area contributed by atoms with Gasteiger partial charge in [0.15, 0.2) is 0 Å². The van der Waals surface area contributed by atoms with Crippen molar-refractivity contribution in [3.8, 4) is 0 Å². The highest BCUT2D eigenvalue weighted by atomic mass is 16.7. The molecule has 3 unspecified atom stereocenters. The van der Waals surface area contributed by atoms with Gasteiger partial charge in [0.1, 0.15) is 5.41 Å². The van der Waals surface area contributed by atoms with Gasteiger partial charge in [-0.25, -0.2) is 9.59 Å². The summed E-state index contributed by atoms with van der Waals surface area (Å²) in [5.74, 6) is -10.0. The number of carboxylic acids is 3. The molecule has 0 saturated heterocycles. The van der Waals surface area contributed by atoms with Gasteiger partial charge < -0.3 is 29.5 Å². The van der Waals surface area contributed by atoms with Crippen LogP contribution in [0.15, 0.2) is 0 Å². The zero-order chi connectivity index (χ0) is 24.9. The van der Waals surface area contributed by atoms with Crippen molar-refractivity contribution in [1.82, 2.24) is 0 Å². The highest BCUT2D eigenvalue weighted by molar-refractivity contribution is 6.04. The Bertz CT molecular complexity index is 675. The van der Waals surface area contributed by atoms with Gasteiger partial charge in [-0.05, 0) is 27.2 Å². The van der Waals surface area contributed by atoms with E-state index < -0.39 is 47.0 Å². The largest absolute Gasteiger partial charge is 0.509 e. The SMILES string of the molecule is CCCCCCCCC(C)(C(=O)O)C(OC(=O)OCC)(C(=O)O)C(C(=O)O)C(=O)OCC. The number of carboxylic acid groups (broad SMARTS) is 3. The summed E-state index contributed by atoms with van der Waals surface area (Å²) in [4.78, 5) is 61.5. The number of esters is 1. The van der Waals surface area contributed by atoms with Crippen LogP contribution < -0.4 is 0 Å². The summed E-state index contributed by atoms with van der Waals surface area (Å²) in [7, 11) is 0. The standard InChI is InChI=1S/C21H34O11/c1-5-8-9-10-11-12-13-20(4,17(25)26)21(18(27)28,32-19(29)31-7-3)14(15(22)23)16(24)30-6-2/h14H,5-13H2,1-4H3,(H,22,23)(H,25,26)(H,27,28). The second-order valence-corrected chi connectivity index (χ2v) is 7.50. The molecule has 0 aromatic rings. The Hall–Kier alpha value is -2.85. The molecule has 0 aromatic carbocycles. The minimum Gasteiger partial charge on any atom is -0.481 e. The van der Waals surface area contributed by atoms with E-state index in [1.54, 1.807) is 0 Å². The Balaban J connectivity index is 6.55. The summed E-state index contributed by atoms with van der Waals surface area (Å²) < 4.78 is 14.2. The Morgan fingerprint density at radius 3 is 1.75 bits per heavy atom. The van der Waals surface area contributed by atoms with Crippen LogP contribution in [-0.2, 0) is 33.4 Å². The third-order valence-corrected chi connectivity index (χ3v) is 5.32. The third-order valence-electron chi connectivity index (χ3n) is 5.32. The van der Waals surface area contributed by atoms with Gasteiger partial charge in [0.05, 0.1) is 13.2 Å². The molecule has 0 saturated carbocycles. The van der Waals surface area contributed by atoms with Gasteiger partial charge in [-0.1, -0.05) is 45.4 Å². The van der Waals surface area contributed by atoms with E-state index in [1.807, 2.05) is 6.92 Å². The van der Waals surface area contributed by atoms with Crippen LogP contribution in [0.1, 0.15) is 72.6 Å².